The number of carbonyl (C=O) groups excluding carboxylic acids is 1. The van der Waals surface area contributed by atoms with E-state index in [0.717, 1.165) is 28.4 Å². The second-order valence-electron chi connectivity index (χ2n) is 10.7. The summed E-state index contributed by atoms with van der Waals surface area (Å²) < 4.78 is 2.22. The summed E-state index contributed by atoms with van der Waals surface area (Å²) in [5, 5.41) is 30.3. The molecule has 1 aliphatic rings. The number of hydrogen-bond donors (Lipinski definition) is 3. The first-order chi connectivity index (χ1) is 20.1. The fourth-order valence-electron chi connectivity index (χ4n) is 5.65. The molecule has 12 heteroatoms. The predicted octanol–water partition coefficient (Wildman–Crippen LogP) is 1.47. The van der Waals surface area contributed by atoms with Gasteiger partial charge >= 0.3 is 17.9 Å². The van der Waals surface area contributed by atoms with E-state index >= 15 is 0 Å². The molecule has 1 aliphatic heterocycles. The molecule has 0 radical (unpaired) electrons. The summed E-state index contributed by atoms with van der Waals surface area (Å²) >= 11 is 0. The highest BCUT2D eigenvalue weighted by Crippen LogP contribution is 2.29. The molecule has 0 bridgehead atoms. The third-order valence-corrected chi connectivity index (χ3v) is 7.78. The number of fused-ring (bicyclic) bond motifs is 3. The van der Waals surface area contributed by atoms with Gasteiger partial charge < -0.3 is 19.9 Å². The Morgan fingerprint density at radius 2 is 1.02 bits per heavy atom. The maximum absolute atomic E-state index is 13.6. The van der Waals surface area contributed by atoms with E-state index in [-0.39, 0.29) is 32.0 Å². The lowest BCUT2D eigenvalue weighted by atomic mass is 10.1. The maximum Gasteiger partial charge on any atom is 0.317 e. The Morgan fingerprint density at radius 1 is 0.595 bits per heavy atom. The minimum absolute atomic E-state index is 0.0699. The van der Waals surface area contributed by atoms with Crippen LogP contribution in [0.2, 0.25) is 0 Å². The van der Waals surface area contributed by atoms with Crippen LogP contribution in [0.5, 0.6) is 0 Å². The number of aliphatic carboxylic acids is 3. The van der Waals surface area contributed by atoms with Crippen molar-refractivity contribution in [3.8, 4) is 0 Å². The van der Waals surface area contributed by atoms with Crippen LogP contribution in [0, 0.1) is 0 Å². The molecule has 0 atom stereocenters. The monoisotopic (exact) mass is 581 g/mol. The van der Waals surface area contributed by atoms with Crippen LogP contribution >= 0.6 is 0 Å². The van der Waals surface area contributed by atoms with Crippen molar-refractivity contribution in [2.24, 2.45) is 0 Å². The van der Waals surface area contributed by atoms with Gasteiger partial charge in [0, 0.05) is 86.3 Å². The van der Waals surface area contributed by atoms with Crippen molar-refractivity contribution in [3.05, 3.63) is 48.0 Å². The van der Waals surface area contributed by atoms with Crippen LogP contribution in [0.4, 0.5) is 0 Å². The summed E-state index contributed by atoms with van der Waals surface area (Å²) in [7, 11) is 0. The lowest BCUT2D eigenvalue weighted by molar-refractivity contribution is -0.140. The van der Waals surface area contributed by atoms with Gasteiger partial charge in [0.25, 0.3) is 0 Å². The van der Waals surface area contributed by atoms with Crippen molar-refractivity contribution in [2.45, 2.75) is 13.5 Å². The molecular formula is C30H39N5O7. The third kappa shape index (κ3) is 8.13. The minimum atomic E-state index is -1.00. The van der Waals surface area contributed by atoms with Crippen LogP contribution in [-0.4, -0.2) is 142 Å². The Bertz CT molecular complexity index is 1410. The molecule has 3 N–H and O–H groups in total. The SMILES string of the molecule is CCn1c2ccccc2c2cc(C(=O)CN3CCN(CC(=O)O)CCN(CC(=O)O)CCN(CC(=O)O)CC3)ccc21. The lowest BCUT2D eigenvalue weighted by Gasteiger charge is -2.32. The van der Waals surface area contributed by atoms with E-state index in [0.29, 0.717) is 57.9 Å². The summed E-state index contributed by atoms with van der Waals surface area (Å²) in [4.78, 5) is 55.2. The second kappa shape index (κ2) is 14.4. The molecule has 12 nitrogen and oxygen atoms in total. The van der Waals surface area contributed by atoms with Crippen molar-refractivity contribution in [1.82, 2.24) is 24.2 Å². The number of carbonyl (C=O) groups is 4. The van der Waals surface area contributed by atoms with Crippen LogP contribution in [0.25, 0.3) is 21.8 Å². The molecule has 0 saturated carbocycles. The Balaban J connectivity index is 1.55. The molecule has 1 saturated heterocycles. The highest BCUT2D eigenvalue weighted by molar-refractivity contribution is 6.11. The van der Waals surface area contributed by atoms with Gasteiger partial charge in [-0.1, -0.05) is 18.2 Å². The predicted molar refractivity (Wildman–Crippen MR) is 158 cm³/mol. The number of ketones is 1. The summed E-state index contributed by atoms with van der Waals surface area (Å²) in [6.45, 7) is 5.21. The average Bonchev–Trinajstić information content (AvgIpc) is 3.26. The fraction of sp³-hybridized carbons (Fsp3) is 0.467. The summed E-state index contributed by atoms with van der Waals surface area (Å²) in [5.41, 5.74) is 2.76. The van der Waals surface area contributed by atoms with E-state index in [1.165, 1.54) is 0 Å². The van der Waals surface area contributed by atoms with Crippen molar-refractivity contribution in [1.29, 1.82) is 0 Å². The molecule has 2 heterocycles. The lowest BCUT2D eigenvalue weighted by Crippen LogP contribution is -2.49. The zero-order chi connectivity index (χ0) is 30.2. The number of nitrogens with zero attached hydrogens (tertiary/aromatic N) is 5. The number of carboxylic acid groups (broad SMARTS) is 3. The van der Waals surface area contributed by atoms with Gasteiger partial charge in [-0.3, -0.25) is 38.8 Å². The zero-order valence-electron chi connectivity index (χ0n) is 23.9. The van der Waals surface area contributed by atoms with Crippen LogP contribution in [0.1, 0.15) is 17.3 Å². The molecule has 2 aromatic carbocycles. The number of hydrogen-bond acceptors (Lipinski definition) is 8. The molecule has 1 aromatic heterocycles. The highest BCUT2D eigenvalue weighted by Gasteiger charge is 2.22. The Hall–Kier alpha value is -3.84. The van der Waals surface area contributed by atoms with Gasteiger partial charge in [0.05, 0.1) is 26.2 Å². The van der Waals surface area contributed by atoms with Crippen molar-refractivity contribution in [2.75, 3.05) is 78.5 Å². The van der Waals surface area contributed by atoms with Crippen molar-refractivity contribution < 1.29 is 34.5 Å². The Kier molecular flexibility index (Phi) is 10.6. The Morgan fingerprint density at radius 3 is 1.48 bits per heavy atom. The highest BCUT2D eigenvalue weighted by atomic mass is 16.4. The Labute approximate surface area is 244 Å². The molecule has 4 rings (SSSR count). The van der Waals surface area contributed by atoms with E-state index in [4.69, 9.17) is 0 Å². The molecule has 42 heavy (non-hydrogen) atoms. The number of carboxylic acids is 3. The summed E-state index contributed by atoms with van der Waals surface area (Å²) in [6.07, 6.45) is 0. The molecule has 0 amide bonds. The van der Waals surface area contributed by atoms with Gasteiger partial charge in [0.2, 0.25) is 0 Å². The van der Waals surface area contributed by atoms with E-state index < -0.39 is 17.9 Å². The number of aryl methyl sites for hydroxylation is 1. The van der Waals surface area contributed by atoms with Gasteiger partial charge in [-0.15, -0.1) is 0 Å². The standard InChI is InChI=1S/C30H39N5O7/c1-2-35-25-6-4-3-5-23(25)24-17-22(7-8-26(24)35)27(36)18-31-9-11-32(19-28(37)38)13-15-34(21-30(41)42)16-14-33(12-10-31)20-29(39)40/h3-8,17H,2,9-16,18-21H2,1H3,(H,37,38)(H,39,40)(H,41,42). The average molecular weight is 582 g/mol. The smallest absolute Gasteiger partial charge is 0.317 e. The van der Waals surface area contributed by atoms with E-state index in [9.17, 15) is 34.5 Å². The maximum atomic E-state index is 13.6. The molecule has 0 aliphatic carbocycles. The van der Waals surface area contributed by atoms with Crippen LogP contribution < -0.4 is 0 Å². The molecule has 226 valence electrons. The van der Waals surface area contributed by atoms with Gasteiger partial charge in [0.15, 0.2) is 5.78 Å². The molecule has 3 aromatic rings. The quantitative estimate of drug-likeness (QED) is 0.299. The minimum Gasteiger partial charge on any atom is -0.480 e. The first-order valence-electron chi connectivity index (χ1n) is 14.2. The van der Waals surface area contributed by atoms with Crippen LogP contribution in [0.15, 0.2) is 42.5 Å². The number of Topliss-reactive ketones (excluding diaryl/α,β-unsaturated/α-hetero) is 1. The van der Waals surface area contributed by atoms with Gasteiger partial charge in [-0.25, -0.2) is 0 Å². The topological polar surface area (TPSA) is 147 Å². The van der Waals surface area contributed by atoms with Crippen LogP contribution in [-0.2, 0) is 20.9 Å². The zero-order valence-corrected chi connectivity index (χ0v) is 23.9. The fourth-order valence-corrected chi connectivity index (χ4v) is 5.65. The first kappa shape index (κ1) is 31.1. The first-order valence-corrected chi connectivity index (χ1v) is 14.2. The molecule has 1 fully saturated rings. The van der Waals surface area contributed by atoms with Crippen molar-refractivity contribution in [3.63, 3.8) is 0 Å². The molecular weight excluding hydrogens is 542 g/mol. The summed E-state index contributed by atoms with van der Waals surface area (Å²) in [6, 6.07) is 13.9. The number of aromatic nitrogens is 1. The number of para-hydroxylation sites is 1. The molecule has 0 unspecified atom stereocenters. The largest absolute Gasteiger partial charge is 0.480 e. The van der Waals surface area contributed by atoms with Gasteiger partial charge in [0.1, 0.15) is 0 Å². The van der Waals surface area contributed by atoms with Crippen LogP contribution in [0.3, 0.4) is 0 Å². The number of rotatable bonds is 10. The van der Waals surface area contributed by atoms with E-state index in [1.54, 1.807) is 14.7 Å². The third-order valence-electron chi connectivity index (χ3n) is 7.78. The molecule has 0 spiro atoms. The van der Waals surface area contributed by atoms with Crippen molar-refractivity contribution >= 4 is 45.5 Å². The normalized spacial score (nSPS) is 17.2. The summed E-state index contributed by atoms with van der Waals surface area (Å²) in [5.74, 6) is -3.04. The number of benzene rings is 2. The van der Waals surface area contributed by atoms with E-state index in [1.807, 2.05) is 35.2 Å². The second-order valence-corrected chi connectivity index (χ2v) is 10.7. The van der Waals surface area contributed by atoms with Gasteiger partial charge in [-0.05, 0) is 31.2 Å². The van der Waals surface area contributed by atoms with E-state index in [2.05, 4.69) is 23.6 Å². The van der Waals surface area contributed by atoms with Gasteiger partial charge in [-0.2, -0.15) is 0 Å².